The Balaban J connectivity index is 3.22. The molecule has 0 aromatic heterocycles. The molecule has 4 heteroatoms. The molecule has 0 saturated carbocycles. The Kier molecular flexibility index (Phi) is 4.66. The molecule has 0 aromatic carbocycles. The van der Waals surface area contributed by atoms with Crippen LogP contribution in [0.1, 0.15) is 13.8 Å². The summed E-state index contributed by atoms with van der Waals surface area (Å²) in [5, 5.41) is 11.1. The Morgan fingerprint density at radius 1 is 1.80 bits per heavy atom. The maximum atomic E-state index is 10.5. The lowest BCUT2D eigenvalue weighted by Crippen LogP contribution is -2.26. The first-order chi connectivity index (χ1) is 4.66. The fourth-order valence-corrected chi connectivity index (χ4v) is 0.392. The fourth-order valence-electron chi connectivity index (χ4n) is 0.392. The molecule has 0 radical (unpaired) electrons. The second-order valence-corrected chi connectivity index (χ2v) is 1.98. The van der Waals surface area contributed by atoms with Crippen molar-refractivity contribution in [2.24, 2.45) is 0 Å². The van der Waals surface area contributed by atoms with Crippen LogP contribution in [-0.4, -0.2) is 30.5 Å². The second kappa shape index (κ2) is 5.05. The Hall–Kier alpha value is -0.770. The van der Waals surface area contributed by atoms with Crippen molar-refractivity contribution in [1.82, 2.24) is 5.32 Å². The monoisotopic (exact) mass is 147 g/mol. The van der Waals surface area contributed by atoms with Gasteiger partial charge in [0.1, 0.15) is 6.61 Å². The average molecular weight is 147 g/mol. The first-order valence-electron chi connectivity index (χ1n) is 3.25. The Morgan fingerprint density at radius 3 is 2.80 bits per heavy atom. The summed E-state index contributed by atoms with van der Waals surface area (Å²) < 4.78 is 4.54. The van der Waals surface area contributed by atoms with Gasteiger partial charge in [0.2, 0.25) is 0 Å². The lowest BCUT2D eigenvalue weighted by atomic mass is 10.4. The Bertz CT molecular complexity index is 103. The van der Waals surface area contributed by atoms with E-state index in [4.69, 9.17) is 5.11 Å². The first kappa shape index (κ1) is 9.23. The van der Waals surface area contributed by atoms with Gasteiger partial charge in [0, 0.05) is 6.54 Å². The van der Waals surface area contributed by atoms with Gasteiger partial charge >= 0.3 is 6.09 Å². The molecule has 1 atom stereocenters. The van der Waals surface area contributed by atoms with Crippen LogP contribution in [0.5, 0.6) is 0 Å². The number of hydrogen-bond acceptors (Lipinski definition) is 3. The molecule has 0 aliphatic rings. The zero-order chi connectivity index (χ0) is 7.98. The third-order valence-electron chi connectivity index (χ3n) is 0.777. The SMILES string of the molecule is CCNC(=O)OC[C@H](C)O. The molecule has 1 amide bonds. The van der Waals surface area contributed by atoms with Crippen LogP contribution in [-0.2, 0) is 4.74 Å². The van der Waals surface area contributed by atoms with E-state index in [2.05, 4.69) is 10.1 Å². The molecule has 0 heterocycles. The molecule has 10 heavy (non-hydrogen) atoms. The van der Waals surface area contributed by atoms with Gasteiger partial charge in [-0.1, -0.05) is 0 Å². The highest BCUT2D eigenvalue weighted by Gasteiger charge is 2.00. The van der Waals surface area contributed by atoms with Crippen molar-refractivity contribution < 1.29 is 14.6 Å². The second-order valence-electron chi connectivity index (χ2n) is 1.98. The van der Waals surface area contributed by atoms with Crippen LogP contribution < -0.4 is 5.32 Å². The smallest absolute Gasteiger partial charge is 0.407 e. The van der Waals surface area contributed by atoms with E-state index in [1.54, 1.807) is 13.8 Å². The number of ether oxygens (including phenoxy) is 1. The average Bonchev–Trinajstić information content (AvgIpc) is 1.85. The first-order valence-corrected chi connectivity index (χ1v) is 3.25. The molecule has 0 rings (SSSR count). The highest BCUT2D eigenvalue weighted by molar-refractivity contribution is 5.66. The number of amides is 1. The van der Waals surface area contributed by atoms with Crippen LogP contribution in [0.2, 0.25) is 0 Å². The number of nitrogens with one attached hydrogen (secondary N) is 1. The summed E-state index contributed by atoms with van der Waals surface area (Å²) in [6, 6.07) is 0. The topological polar surface area (TPSA) is 58.6 Å². The molecular formula is C6H13NO3. The van der Waals surface area contributed by atoms with Crippen LogP contribution in [0.25, 0.3) is 0 Å². The molecule has 60 valence electrons. The summed E-state index contributed by atoms with van der Waals surface area (Å²) in [5.41, 5.74) is 0. The number of alkyl carbamates (subject to hydrolysis) is 1. The Labute approximate surface area is 60.2 Å². The largest absolute Gasteiger partial charge is 0.447 e. The van der Waals surface area contributed by atoms with Crippen molar-refractivity contribution in [3.05, 3.63) is 0 Å². The van der Waals surface area contributed by atoms with Gasteiger partial charge in [-0.15, -0.1) is 0 Å². The number of aliphatic hydroxyl groups is 1. The zero-order valence-corrected chi connectivity index (χ0v) is 6.26. The third kappa shape index (κ3) is 5.37. The van der Waals surface area contributed by atoms with E-state index in [0.717, 1.165) is 0 Å². The molecule has 0 bridgehead atoms. The van der Waals surface area contributed by atoms with Gasteiger partial charge in [-0.05, 0) is 13.8 Å². The maximum Gasteiger partial charge on any atom is 0.407 e. The predicted octanol–water partition coefficient (Wildman–Crippen LogP) is 0.113. The molecule has 0 aliphatic heterocycles. The summed E-state index contributed by atoms with van der Waals surface area (Å²) in [5.74, 6) is 0. The number of carbonyl (C=O) groups excluding carboxylic acids is 1. The molecule has 4 nitrogen and oxygen atoms in total. The zero-order valence-electron chi connectivity index (χ0n) is 6.26. The third-order valence-corrected chi connectivity index (χ3v) is 0.777. The number of hydrogen-bond donors (Lipinski definition) is 2. The van der Waals surface area contributed by atoms with E-state index < -0.39 is 12.2 Å². The van der Waals surface area contributed by atoms with Gasteiger partial charge < -0.3 is 15.2 Å². The number of rotatable bonds is 3. The van der Waals surface area contributed by atoms with Crippen molar-refractivity contribution in [2.75, 3.05) is 13.2 Å². The number of aliphatic hydroxyl groups excluding tert-OH is 1. The predicted molar refractivity (Wildman–Crippen MR) is 36.7 cm³/mol. The van der Waals surface area contributed by atoms with Gasteiger partial charge in [0.15, 0.2) is 0 Å². The molecular weight excluding hydrogens is 134 g/mol. The standard InChI is InChI=1S/C6H13NO3/c1-3-7-6(9)10-4-5(2)8/h5,8H,3-4H2,1-2H3,(H,7,9)/t5-/m0/s1. The quantitative estimate of drug-likeness (QED) is 0.595. The lowest BCUT2D eigenvalue weighted by Gasteiger charge is -2.05. The van der Waals surface area contributed by atoms with Gasteiger partial charge in [0.05, 0.1) is 6.10 Å². The molecule has 0 aromatic rings. The van der Waals surface area contributed by atoms with Crippen molar-refractivity contribution in [3.8, 4) is 0 Å². The lowest BCUT2D eigenvalue weighted by molar-refractivity contribution is 0.0783. The van der Waals surface area contributed by atoms with Crippen molar-refractivity contribution in [1.29, 1.82) is 0 Å². The fraction of sp³-hybridized carbons (Fsp3) is 0.833. The summed E-state index contributed by atoms with van der Waals surface area (Å²) in [4.78, 5) is 10.5. The van der Waals surface area contributed by atoms with E-state index in [-0.39, 0.29) is 6.61 Å². The normalized spacial score (nSPS) is 12.3. The molecule has 0 spiro atoms. The van der Waals surface area contributed by atoms with E-state index in [1.165, 1.54) is 0 Å². The minimum atomic E-state index is -0.595. The van der Waals surface area contributed by atoms with E-state index >= 15 is 0 Å². The molecule has 0 saturated heterocycles. The van der Waals surface area contributed by atoms with Crippen molar-refractivity contribution >= 4 is 6.09 Å². The Morgan fingerprint density at radius 2 is 2.40 bits per heavy atom. The number of carbonyl (C=O) groups is 1. The minimum absolute atomic E-state index is 0.0475. The van der Waals surface area contributed by atoms with Gasteiger partial charge in [-0.3, -0.25) is 0 Å². The molecule has 2 N–H and O–H groups in total. The molecule has 0 aliphatic carbocycles. The van der Waals surface area contributed by atoms with Crippen molar-refractivity contribution in [3.63, 3.8) is 0 Å². The van der Waals surface area contributed by atoms with Gasteiger partial charge in [-0.2, -0.15) is 0 Å². The van der Waals surface area contributed by atoms with Crippen LogP contribution in [0, 0.1) is 0 Å². The van der Waals surface area contributed by atoms with E-state index in [0.29, 0.717) is 6.54 Å². The summed E-state index contributed by atoms with van der Waals surface area (Å²) >= 11 is 0. The summed E-state index contributed by atoms with van der Waals surface area (Å²) in [6.45, 7) is 3.94. The van der Waals surface area contributed by atoms with Crippen molar-refractivity contribution in [2.45, 2.75) is 20.0 Å². The highest BCUT2D eigenvalue weighted by atomic mass is 16.6. The highest BCUT2D eigenvalue weighted by Crippen LogP contribution is 1.82. The minimum Gasteiger partial charge on any atom is -0.447 e. The van der Waals surface area contributed by atoms with Crippen LogP contribution >= 0.6 is 0 Å². The van der Waals surface area contributed by atoms with Gasteiger partial charge in [-0.25, -0.2) is 4.79 Å². The maximum absolute atomic E-state index is 10.5. The van der Waals surface area contributed by atoms with E-state index in [9.17, 15) is 4.79 Å². The summed E-state index contributed by atoms with van der Waals surface area (Å²) in [6.07, 6.45) is -1.08. The van der Waals surface area contributed by atoms with Crippen LogP contribution in [0.15, 0.2) is 0 Å². The summed E-state index contributed by atoms with van der Waals surface area (Å²) in [7, 11) is 0. The van der Waals surface area contributed by atoms with Gasteiger partial charge in [0.25, 0.3) is 0 Å². The van der Waals surface area contributed by atoms with Crippen LogP contribution in [0.4, 0.5) is 4.79 Å². The van der Waals surface area contributed by atoms with E-state index in [1.807, 2.05) is 0 Å². The molecule has 0 unspecified atom stereocenters. The van der Waals surface area contributed by atoms with Crippen LogP contribution in [0.3, 0.4) is 0 Å². The molecule has 0 fully saturated rings.